The molecule has 6 nitrogen and oxygen atoms in total. The molecule has 0 aliphatic heterocycles. The Labute approximate surface area is 136 Å². The molecule has 0 amide bonds. The van der Waals surface area contributed by atoms with Crippen molar-refractivity contribution in [3.8, 4) is 5.88 Å². The lowest BCUT2D eigenvalue weighted by atomic mass is 10.1. The minimum atomic E-state index is -3.85. The summed E-state index contributed by atoms with van der Waals surface area (Å²) in [6.45, 7) is 5.35. The maximum absolute atomic E-state index is 12.5. The number of benzene rings is 1. The summed E-state index contributed by atoms with van der Waals surface area (Å²) in [5.41, 5.74) is 2.98. The van der Waals surface area contributed by atoms with Gasteiger partial charge in [0.05, 0.1) is 24.7 Å². The van der Waals surface area contributed by atoms with E-state index in [9.17, 15) is 8.42 Å². The molecule has 2 aromatic rings. The first-order valence-corrected chi connectivity index (χ1v) is 8.46. The average Bonchev–Trinajstić information content (AvgIpc) is 2.44. The minimum Gasteiger partial charge on any atom is -0.446 e. The fourth-order valence-corrected chi connectivity index (χ4v) is 3.89. The predicted molar refractivity (Wildman–Crippen MR) is 86.0 cm³/mol. The van der Waals surface area contributed by atoms with Crippen LogP contribution in [0.3, 0.4) is 0 Å². The van der Waals surface area contributed by atoms with Crippen LogP contribution in [0.1, 0.15) is 22.3 Å². The van der Waals surface area contributed by atoms with Gasteiger partial charge < -0.3 is 4.74 Å². The standard InChI is InChI=1S/C16H21N2O4S/c1-11-7-12(2)16(13(3)8-11)23(19,20)22-10-14-5-6-15(21-4)18(17)9-14/h5-9H,10,17H2,1-4H3/q+1. The second-order valence-corrected chi connectivity index (χ2v) is 6.98. The first-order chi connectivity index (χ1) is 10.7. The summed E-state index contributed by atoms with van der Waals surface area (Å²) in [4.78, 5) is 0.220. The third-order valence-corrected chi connectivity index (χ3v) is 5.02. The maximum atomic E-state index is 12.5. The molecule has 0 radical (unpaired) electrons. The Hall–Kier alpha value is -2.12. The molecule has 0 saturated heterocycles. The molecule has 2 rings (SSSR count). The van der Waals surface area contributed by atoms with Gasteiger partial charge in [-0.05, 0) is 38.0 Å². The van der Waals surface area contributed by atoms with Crippen molar-refractivity contribution in [3.05, 3.63) is 52.7 Å². The highest BCUT2D eigenvalue weighted by Gasteiger charge is 2.22. The highest BCUT2D eigenvalue weighted by molar-refractivity contribution is 7.86. The summed E-state index contributed by atoms with van der Waals surface area (Å²) in [5, 5.41) is 0. The van der Waals surface area contributed by atoms with Gasteiger partial charge in [-0.25, -0.2) is 5.84 Å². The molecule has 2 N–H and O–H groups in total. The second kappa shape index (κ2) is 6.55. The van der Waals surface area contributed by atoms with Crippen molar-refractivity contribution in [3.63, 3.8) is 0 Å². The summed E-state index contributed by atoms with van der Waals surface area (Å²) in [6, 6.07) is 7.00. The van der Waals surface area contributed by atoms with Crippen LogP contribution in [-0.4, -0.2) is 15.5 Å². The van der Waals surface area contributed by atoms with Crippen LogP contribution in [-0.2, 0) is 20.9 Å². The smallest absolute Gasteiger partial charge is 0.396 e. The van der Waals surface area contributed by atoms with E-state index in [1.54, 1.807) is 32.2 Å². The molecular formula is C16H21N2O4S+. The number of rotatable bonds is 5. The summed E-state index contributed by atoms with van der Waals surface area (Å²) < 4.78 is 36.5. The summed E-state index contributed by atoms with van der Waals surface area (Å²) in [7, 11) is -2.34. The van der Waals surface area contributed by atoms with E-state index in [1.807, 2.05) is 19.1 Å². The molecule has 0 atom stereocenters. The Morgan fingerprint density at radius 1 is 1.13 bits per heavy atom. The van der Waals surface area contributed by atoms with Gasteiger partial charge in [-0.1, -0.05) is 22.4 Å². The quantitative estimate of drug-likeness (QED) is 0.508. The lowest BCUT2D eigenvalue weighted by Gasteiger charge is -2.12. The number of hydrogen-bond donors (Lipinski definition) is 1. The van der Waals surface area contributed by atoms with E-state index in [-0.39, 0.29) is 11.5 Å². The molecule has 0 unspecified atom stereocenters. The number of aryl methyl sites for hydroxylation is 3. The number of nitrogen functional groups attached to an aromatic ring is 1. The average molecular weight is 337 g/mol. The number of nitrogens with zero attached hydrogens (tertiary/aromatic N) is 1. The van der Waals surface area contributed by atoms with Crippen LogP contribution < -0.4 is 15.3 Å². The number of methoxy groups -OCH3 is 1. The zero-order valence-corrected chi connectivity index (χ0v) is 14.5. The first-order valence-electron chi connectivity index (χ1n) is 7.05. The van der Waals surface area contributed by atoms with Gasteiger partial charge in [0, 0.05) is 5.56 Å². The van der Waals surface area contributed by atoms with Gasteiger partial charge in [0.15, 0.2) is 0 Å². The van der Waals surface area contributed by atoms with Gasteiger partial charge in [-0.15, -0.1) is 0 Å². The molecular weight excluding hydrogens is 316 g/mol. The van der Waals surface area contributed by atoms with Crippen LogP contribution in [0.15, 0.2) is 35.4 Å². The molecule has 7 heteroatoms. The van der Waals surface area contributed by atoms with Gasteiger partial charge in [0.1, 0.15) is 0 Å². The molecule has 124 valence electrons. The summed E-state index contributed by atoms with van der Waals surface area (Å²) >= 11 is 0. The molecule has 23 heavy (non-hydrogen) atoms. The number of ether oxygens (including phenoxy) is 1. The molecule has 0 aliphatic rings. The molecule has 0 saturated carbocycles. The normalized spacial score (nSPS) is 11.5. The topological polar surface area (TPSA) is 82.5 Å². The van der Waals surface area contributed by atoms with Crippen molar-refractivity contribution in [2.45, 2.75) is 32.3 Å². The molecule has 0 bridgehead atoms. The Morgan fingerprint density at radius 2 is 1.74 bits per heavy atom. The van der Waals surface area contributed by atoms with Gasteiger partial charge in [-0.3, -0.25) is 4.18 Å². The molecule has 1 heterocycles. The molecule has 0 fully saturated rings. The number of nitrogens with two attached hydrogens (primary N) is 1. The van der Waals surface area contributed by atoms with E-state index in [4.69, 9.17) is 14.8 Å². The van der Waals surface area contributed by atoms with Crippen molar-refractivity contribution in [2.24, 2.45) is 0 Å². The van der Waals surface area contributed by atoms with Crippen LogP contribution >= 0.6 is 0 Å². The SMILES string of the molecule is COc1ccc(COS(=O)(=O)c2c(C)cc(C)cc2C)c[n+]1N. The fraction of sp³-hybridized carbons (Fsp3) is 0.312. The van der Waals surface area contributed by atoms with Crippen molar-refractivity contribution in [2.75, 3.05) is 13.0 Å². The van der Waals surface area contributed by atoms with E-state index in [0.717, 1.165) is 5.56 Å². The van der Waals surface area contributed by atoms with Crippen LogP contribution in [0.2, 0.25) is 0 Å². The third-order valence-electron chi connectivity index (χ3n) is 3.44. The van der Waals surface area contributed by atoms with Crippen LogP contribution in [0.4, 0.5) is 0 Å². The van der Waals surface area contributed by atoms with Crippen LogP contribution in [0.5, 0.6) is 5.88 Å². The van der Waals surface area contributed by atoms with E-state index < -0.39 is 10.1 Å². The summed E-state index contributed by atoms with van der Waals surface area (Å²) in [6.07, 6.45) is 1.56. The highest BCUT2D eigenvalue weighted by atomic mass is 32.2. The number of aromatic nitrogens is 1. The van der Waals surface area contributed by atoms with Gasteiger partial charge in [0.2, 0.25) is 6.20 Å². The molecule has 0 spiro atoms. The molecule has 0 aliphatic carbocycles. The Bertz CT molecular complexity index is 809. The van der Waals surface area contributed by atoms with Crippen molar-refractivity contribution < 1.29 is 22.0 Å². The van der Waals surface area contributed by atoms with Crippen molar-refractivity contribution >= 4 is 10.1 Å². The zero-order valence-electron chi connectivity index (χ0n) is 13.7. The highest BCUT2D eigenvalue weighted by Crippen LogP contribution is 2.24. The lowest BCUT2D eigenvalue weighted by molar-refractivity contribution is -0.645. The predicted octanol–water partition coefficient (Wildman–Crippen LogP) is 1.53. The van der Waals surface area contributed by atoms with Crippen LogP contribution in [0.25, 0.3) is 0 Å². The fourth-order valence-electron chi connectivity index (χ4n) is 2.57. The van der Waals surface area contributed by atoms with Crippen molar-refractivity contribution in [1.29, 1.82) is 0 Å². The van der Waals surface area contributed by atoms with E-state index >= 15 is 0 Å². The van der Waals surface area contributed by atoms with E-state index in [0.29, 0.717) is 22.6 Å². The van der Waals surface area contributed by atoms with Gasteiger partial charge in [-0.2, -0.15) is 8.42 Å². The van der Waals surface area contributed by atoms with E-state index in [1.165, 1.54) is 11.8 Å². The Morgan fingerprint density at radius 3 is 2.26 bits per heavy atom. The Balaban J connectivity index is 2.24. The lowest BCUT2D eigenvalue weighted by Crippen LogP contribution is -2.45. The van der Waals surface area contributed by atoms with Gasteiger partial charge >= 0.3 is 5.88 Å². The first kappa shape index (κ1) is 17.2. The number of hydrogen-bond acceptors (Lipinski definition) is 5. The van der Waals surface area contributed by atoms with E-state index in [2.05, 4.69) is 0 Å². The molecule has 1 aromatic carbocycles. The minimum absolute atomic E-state index is 0.101. The zero-order chi connectivity index (χ0) is 17.2. The summed E-state index contributed by atoms with van der Waals surface area (Å²) in [5.74, 6) is 6.19. The largest absolute Gasteiger partial charge is 0.446 e. The molecule has 1 aromatic heterocycles. The maximum Gasteiger partial charge on any atom is 0.396 e. The monoisotopic (exact) mass is 337 g/mol. The third kappa shape index (κ3) is 3.80. The Kier molecular flexibility index (Phi) is 4.91. The number of pyridine rings is 1. The van der Waals surface area contributed by atoms with Gasteiger partial charge in [0.25, 0.3) is 10.1 Å². The van der Waals surface area contributed by atoms with Crippen LogP contribution in [0, 0.1) is 20.8 Å². The van der Waals surface area contributed by atoms with Crippen molar-refractivity contribution in [1.82, 2.24) is 0 Å². The second-order valence-electron chi connectivity index (χ2n) is 5.43.